The summed E-state index contributed by atoms with van der Waals surface area (Å²) in [5, 5.41) is 11.8. The summed E-state index contributed by atoms with van der Waals surface area (Å²) in [6.45, 7) is 1.67. The summed E-state index contributed by atoms with van der Waals surface area (Å²) >= 11 is 1.34. The van der Waals surface area contributed by atoms with Gasteiger partial charge in [0.05, 0.1) is 22.7 Å². The third-order valence-electron chi connectivity index (χ3n) is 4.38. The van der Waals surface area contributed by atoms with E-state index in [-0.39, 0.29) is 23.6 Å². The number of benzene rings is 2. The fraction of sp³-hybridized carbons (Fsp3) is 0.300. The second-order valence-corrected chi connectivity index (χ2v) is 7.46. The van der Waals surface area contributed by atoms with Crippen LogP contribution in [0.25, 0.3) is 0 Å². The van der Waals surface area contributed by atoms with Crippen molar-refractivity contribution in [1.29, 1.82) is 5.26 Å². The lowest BCUT2D eigenvalue weighted by molar-refractivity contribution is -0.138. The number of carbonyl (C=O) groups excluding carboxylic acids is 1. The van der Waals surface area contributed by atoms with Crippen molar-refractivity contribution in [2.24, 2.45) is 0 Å². The van der Waals surface area contributed by atoms with Crippen LogP contribution in [-0.2, 0) is 17.4 Å². The largest absolute Gasteiger partial charge is 0.417 e. The maximum atomic E-state index is 13.1. The van der Waals surface area contributed by atoms with Crippen molar-refractivity contribution in [3.05, 3.63) is 65.0 Å². The van der Waals surface area contributed by atoms with E-state index < -0.39 is 22.8 Å². The summed E-state index contributed by atoms with van der Waals surface area (Å²) in [6.07, 6.45) is -4.88. The van der Waals surface area contributed by atoms with Crippen LogP contribution >= 0.6 is 11.8 Å². The van der Waals surface area contributed by atoms with Crippen LogP contribution < -0.4 is 5.32 Å². The molecule has 2 aromatic rings. The van der Waals surface area contributed by atoms with Gasteiger partial charge in [0.15, 0.2) is 5.78 Å². The quantitative estimate of drug-likeness (QED) is 0.536. The third-order valence-corrected chi connectivity index (χ3v) is 5.71. The van der Waals surface area contributed by atoms with E-state index in [4.69, 9.17) is 5.26 Å². The van der Waals surface area contributed by atoms with Gasteiger partial charge in [0.2, 0.25) is 0 Å². The lowest BCUT2D eigenvalue weighted by Gasteiger charge is -2.27. The third kappa shape index (κ3) is 5.33. The van der Waals surface area contributed by atoms with Crippen molar-refractivity contribution < 1.29 is 22.4 Å². The Hall–Kier alpha value is -2.37. The van der Waals surface area contributed by atoms with E-state index in [0.717, 1.165) is 17.0 Å². The molecule has 0 saturated carbocycles. The number of likely N-dealkylation sites (N-methyl/N-ethyl adjacent to an activating group) is 1. The van der Waals surface area contributed by atoms with Gasteiger partial charge in [0.25, 0.3) is 0 Å². The van der Waals surface area contributed by atoms with E-state index >= 15 is 0 Å². The van der Waals surface area contributed by atoms with Gasteiger partial charge in [0, 0.05) is 17.1 Å². The minimum atomic E-state index is -4.67. The number of carbonyl (C=O) groups is 1. The Labute approximate surface area is 164 Å². The van der Waals surface area contributed by atoms with E-state index in [2.05, 4.69) is 5.32 Å². The number of nitrogens with one attached hydrogen (secondary N) is 1. The highest BCUT2D eigenvalue weighted by molar-refractivity contribution is 7.99. The summed E-state index contributed by atoms with van der Waals surface area (Å²) in [6, 6.07) is 10.6. The highest BCUT2D eigenvalue weighted by atomic mass is 32.2. The number of ketones is 1. The highest BCUT2D eigenvalue weighted by Gasteiger charge is 2.35. The Morgan fingerprint density at radius 2 is 1.82 bits per heavy atom. The molecule has 1 atom stereocenters. The van der Waals surface area contributed by atoms with Crippen molar-refractivity contribution in [2.75, 3.05) is 12.8 Å². The number of thioether (sulfide) groups is 1. The van der Waals surface area contributed by atoms with Gasteiger partial charge in [-0.1, -0.05) is 6.07 Å². The first kappa shape index (κ1) is 21.9. The SMILES string of the molecule is CNC(C)(CSc1ccc(F)cc1)C(=O)Cc1ccc(C#N)c(C(F)(F)F)c1. The summed E-state index contributed by atoms with van der Waals surface area (Å²) in [5.74, 6) is -0.336. The molecule has 8 heteroatoms. The van der Waals surface area contributed by atoms with Gasteiger partial charge in [-0.25, -0.2) is 4.39 Å². The molecule has 3 nitrogen and oxygen atoms in total. The van der Waals surface area contributed by atoms with E-state index in [1.807, 2.05) is 0 Å². The first-order chi connectivity index (χ1) is 13.1. The predicted octanol–water partition coefficient (Wildman–Crippen LogP) is 4.60. The molecule has 28 heavy (non-hydrogen) atoms. The Morgan fingerprint density at radius 3 is 2.36 bits per heavy atom. The monoisotopic (exact) mass is 410 g/mol. The van der Waals surface area contributed by atoms with Crippen LogP contribution in [0, 0.1) is 17.1 Å². The van der Waals surface area contributed by atoms with Crippen molar-refractivity contribution in [3.63, 3.8) is 0 Å². The fourth-order valence-corrected chi connectivity index (χ4v) is 3.55. The zero-order valence-electron chi connectivity index (χ0n) is 15.2. The average Bonchev–Trinajstić information content (AvgIpc) is 2.66. The highest BCUT2D eigenvalue weighted by Crippen LogP contribution is 2.33. The van der Waals surface area contributed by atoms with E-state index in [0.29, 0.717) is 5.75 Å². The molecule has 0 saturated heterocycles. The molecule has 0 amide bonds. The minimum Gasteiger partial charge on any atom is -0.308 e. The second kappa shape index (κ2) is 8.76. The molecular formula is C20H18F4N2OS. The number of nitriles is 1. The van der Waals surface area contributed by atoms with Crippen LogP contribution in [0.4, 0.5) is 17.6 Å². The molecule has 1 N–H and O–H groups in total. The predicted molar refractivity (Wildman–Crippen MR) is 99.5 cm³/mol. The number of nitrogens with zero attached hydrogens (tertiary/aromatic N) is 1. The number of alkyl halides is 3. The van der Waals surface area contributed by atoms with Crippen LogP contribution in [0.5, 0.6) is 0 Å². The summed E-state index contributed by atoms with van der Waals surface area (Å²) in [5.41, 5.74) is -2.34. The molecule has 0 aliphatic rings. The van der Waals surface area contributed by atoms with E-state index in [1.165, 1.54) is 36.0 Å². The summed E-state index contributed by atoms with van der Waals surface area (Å²) in [4.78, 5) is 13.5. The molecule has 0 bridgehead atoms. The Morgan fingerprint density at radius 1 is 1.18 bits per heavy atom. The molecule has 2 rings (SSSR count). The van der Waals surface area contributed by atoms with Crippen LogP contribution in [0.2, 0.25) is 0 Å². The molecule has 148 valence electrons. The van der Waals surface area contributed by atoms with Gasteiger partial charge in [-0.15, -0.1) is 11.8 Å². The van der Waals surface area contributed by atoms with Crippen molar-refractivity contribution >= 4 is 17.5 Å². The lowest BCUT2D eigenvalue weighted by Crippen LogP contribution is -2.50. The van der Waals surface area contributed by atoms with Gasteiger partial charge in [-0.05, 0) is 55.9 Å². The van der Waals surface area contributed by atoms with Crippen molar-refractivity contribution in [3.8, 4) is 6.07 Å². The van der Waals surface area contributed by atoms with Crippen molar-refractivity contribution in [2.45, 2.75) is 30.0 Å². The fourth-order valence-electron chi connectivity index (χ4n) is 2.46. The van der Waals surface area contributed by atoms with Gasteiger partial charge in [0.1, 0.15) is 5.82 Å². The maximum absolute atomic E-state index is 13.1. The number of halogens is 4. The van der Waals surface area contributed by atoms with Gasteiger partial charge in [-0.2, -0.15) is 18.4 Å². The molecule has 0 fully saturated rings. The molecule has 0 aromatic heterocycles. The number of rotatable bonds is 7. The van der Waals surface area contributed by atoms with Crippen LogP contribution in [0.15, 0.2) is 47.4 Å². The van der Waals surface area contributed by atoms with Crippen LogP contribution in [0.1, 0.15) is 23.6 Å². The Kier molecular flexibility index (Phi) is 6.86. The number of hydrogen-bond acceptors (Lipinski definition) is 4. The van der Waals surface area contributed by atoms with Gasteiger partial charge < -0.3 is 5.32 Å². The standard InChI is InChI=1S/C20H18F4N2OS/c1-19(26-2,12-28-16-7-5-15(21)6-8-16)18(27)10-13-3-4-14(11-25)17(9-13)20(22,23)24/h3-9,26H,10,12H2,1-2H3. The van der Waals surface area contributed by atoms with E-state index in [9.17, 15) is 22.4 Å². The van der Waals surface area contributed by atoms with E-state index in [1.54, 1.807) is 26.1 Å². The molecule has 0 aliphatic heterocycles. The van der Waals surface area contributed by atoms with Crippen molar-refractivity contribution in [1.82, 2.24) is 5.32 Å². The van der Waals surface area contributed by atoms with Gasteiger partial charge >= 0.3 is 6.18 Å². The summed E-state index contributed by atoms with van der Waals surface area (Å²) in [7, 11) is 1.60. The average molecular weight is 410 g/mol. The molecule has 0 radical (unpaired) electrons. The van der Waals surface area contributed by atoms with Gasteiger partial charge in [-0.3, -0.25) is 4.79 Å². The smallest absolute Gasteiger partial charge is 0.308 e. The van der Waals surface area contributed by atoms with Crippen LogP contribution in [-0.4, -0.2) is 24.1 Å². The molecule has 2 aromatic carbocycles. The normalized spacial score (nSPS) is 13.6. The maximum Gasteiger partial charge on any atom is 0.417 e. The molecular weight excluding hydrogens is 392 g/mol. The van der Waals surface area contributed by atoms with Crippen LogP contribution in [0.3, 0.4) is 0 Å². The molecule has 1 unspecified atom stereocenters. The summed E-state index contributed by atoms with van der Waals surface area (Å²) < 4.78 is 52.3. The zero-order chi connectivity index (χ0) is 20.9. The molecule has 0 heterocycles. The molecule has 0 spiro atoms. The number of hydrogen-bond donors (Lipinski definition) is 1. The Bertz CT molecular complexity index is 891. The zero-order valence-corrected chi connectivity index (χ0v) is 16.0. The first-order valence-corrected chi connectivity index (χ1v) is 9.28. The number of Topliss-reactive ketones (excluding diaryl/α,β-unsaturated/α-hetero) is 1. The second-order valence-electron chi connectivity index (χ2n) is 6.41. The first-order valence-electron chi connectivity index (χ1n) is 8.30. The Balaban J connectivity index is 2.16. The minimum absolute atomic E-state index is 0.185. The molecule has 0 aliphatic carbocycles. The lowest BCUT2D eigenvalue weighted by atomic mass is 9.92. The topological polar surface area (TPSA) is 52.9 Å².